The molecular weight excluding hydrogens is 430 g/mol. The fraction of sp³-hybridized carbons (Fsp3) is 0.640. The van der Waals surface area contributed by atoms with Gasteiger partial charge >= 0.3 is 6.09 Å². The summed E-state index contributed by atoms with van der Waals surface area (Å²) in [5, 5.41) is 3.65. The molecule has 1 spiro atoms. The third kappa shape index (κ3) is 5.39. The third-order valence-corrected chi connectivity index (χ3v) is 6.84. The molecule has 1 amide bonds. The lowest BCUT2D eigenvalue weighted by Crippen LogP contribution is -2.58. The molecule has 1 aromatic carbocycles. The Morgan fingerprint density at radius 3 is 2.50 bits per heavy atom. The molecule has 3 aliphatic rings. The number of para-hydroxylation sites is 2. The summed E-state index contributed by atoms with van der Waals surface area (Å²) in [4.78, 5) is 25.4. The van der Waals surface area contributed by atoms with E-state index >= 15 is 0 Å². The van der Waals surface area contributed by atoms with E-state index in [4.69, 9.17) is 21.2 Å². The van der Waals surface area contributed by atoms with Crippen molar-refractivity contribution in [2.24, 2.45) is 27.4 Å². The molecule has 9 heteroatoms. The molecule has 2 fully saturated rings. The monoisotopic (exact) mass is 469 g/mol. The zero-order chi connectivity index (χ0) is 24.3. The number of likely N-dealkylation sites (tertiary alicyclic amines) is 1. The number of rotatable bonds is 4. The molecule has 9 nitrogen and oxygen atoms in total. The van der Waals surface area contributed by atoms with Crippen LogP contribution in [0.4, 0.5) is 16.2 Å². The highest BCUT2D eigenvalue weighted by atomic mass is 16.6. The van der Waals surface area contributed by atoms with E-state index in [-0.39, 0.29) is 12.1 Å². The van der Waals surface area contributed by atoms with Crippen LogP contribution < -0.4 is 21.7 Å². The van der Waals surface area contributed by atoms with Crippen LogP contribution in [0.2, 0.25) is 0 Å². The Bertz CT molecular complexity index is 939. The largest absolute Gasteiger partial charge is 0.444 e. The molecule has 4 rings (SSSR count). The van der Waals surface area contributed by atoms with Crippen LogP contribution in [0.25, 0.3) is 0 Å². The molecule has 1 aliphatic carbocycles. The number of piperidine rings is 1. The van der Waals surface area contributed by atoms with Gasteiger partial charge < -0.3 is 26.4 Å². The minimum atomic E-state index is -0.469. The maximum absolute atomic E-state index is 12.4. The molecule has 0 radical (unpaired) electrons. The van der Waals surface area contributed by atoms with E-state index in [9.17, 15) is 4.79 Å². The van der Waals surface area contributed by atoms with Gasteiger partial charge in [0.05, 0.1) is 11.4 Å². The molecular formula is C25H39N7O2. The molecule has 5 N–H and O–H groups in total. The highest BCUT2D eigenvalue weighted by molar-refractivity contribution is 6.07. The van der Waals surface area contributed by atoms with Crippen molar-refractivity contribution in [1.29, 1.82) is 0 Å². The predicted octanol–water partition coefficient (Wildman–Crippen LogP) is 3.86. The van der Waals surface area contributed by atoms with Gasteiger partial charge in [-0.05, 0) is 77.3 Å². The number of anilines is 2. The highest BCUT2D eigenvalue weighted by Crippen LogP contribution is 2.42. The minimum absolute atomic E-state index is 0.221. The van der Waals surface area contributed by atoms with E-state index in [0.717, 1.165) is 56.4 Å². The van der Waals surface area contributed by atoms with E-state index in [1.165, 1.54) is 6.42 Å². The quantitative estimate of drug-likeness (QED) is 0.616. The van der Waals surface area contributed by atoms with Crippen molar-refractivity contribution in [2.75, 3.05) is 29.9 Å². The van der Waals surface area contributed by atoms with Gasteiger partial charge in [0.25, 0.3) is 0 Å². The lowest BCUT2D eigenvalue weighted by molar-refractivity contribution is 0.0188. The summed E-state index contributed by atoms with van der Waals surface area (Å²) >= 11 is 0. The van der Waals surface area contributed by atoms with E-state index in [1.54, 1.807) is 0 Å². The molecule has 2 aliphatic heterocycles. The van der Waals surface area contributed by atoms with Gasteiger partial charge in [0.2, 0.25) is 11.9 Å². The fourth-order valence-corrected chi connectivity index (χ4v) is 5.19. The first-order valence-corrected chi connectivity index (χ1v) is 12.5. The Balaban J connectivity index is 1.43. The Hall–Kier alpha value is -2.97. The first kappa shape index (κ1) is 24.2. The fourth-order valence-electron chi connectivity index (χ4n) is 5.19. The molecule has 1 aromatic rings. The van der Waals surface area contributed by atoms with Gasteiger partial charge in [-0.15, -0.1) is 0 Å². The van der Waals surface area contributed by atoms with Gasteiger partial charge in [0, 0.05) is 19.6 Å². The van der Waals surface area contributed by atoms with Crippen molar-refractivity contribution >= 4 is 29.4 Å². The molecule has 186 valence electrons. The van der Waals surface area contributed by atoms with E-state index < -0.39 is 11.3 Å². The van der Waals surface area contributed by atoms with Crippen LogP contribution in [0.3, 0.4) is 0 Å². The molecule has 1 saturated heterocycles. The van der Waals surface area contributed by atoms with Crippen LogP contribution in [0, 0.1) is 5.92 Å². The van der Waals surface area contributed by atoms with Gasteiger partial charge in [0.1, 0.15) is 11.3 Å². The number of ether oxygens (including phenoxy) is 1. The lowest BCUT2D eigenvalue weighted by Gasteiger charge is -2.46. The summed E-state index contributed by atoms with van der Waals surface area (Å²) in [5.41, 5.74) is 13.5. The Kier molecular flexibility index (Phi) is 6.91. The van der Waals surface area contributed by atoms with Crippen LogP contribution in [0.5, 0.6) is 0 Å². The molecule has 2 heterocycles. The summed E-state index contributed by atoms with van der Waals surface area (Å²) in [6.45, 7) is 7.95. The zero-order valence-electron chi connectivity index (χ0n) is 20.7. The first-order chi connectivity index (χ1) is 16.2. The molecule has 0 aromatic heterocycles. The van der Waals surface area contributed by atoms with Crippen LogP contribution in [-0.2, 0) is 4.74 Å². The van der Waals surface area contributed by atoms with E-state index in [1.807, 2.05) is 37.8 Å². The van der Waals surface area contributed by atoms with Crippen molar-refractivity contribution in [2.45, 2.75) is 77.0 Å². The number of nitrogens with one attached hydrogen (secondary N) is 1. The highest BCUT2D eigenvalue weighted by Gasteiger charge is 2.43. The van der Waals surface area contributed by atoms with Crippen LogP contribution in [0.15, 0.2) is 34.3 Å². The number of amides is 1. The summed E-state index contributed by atoms with van der Waals surface area (Å²) in [6, 6.07) is 8.20. The average Bonchev–Trinajstić information content (AvgIpc) is 2.77. The maximum atomic E-state index is 12.4. The van der Waals surface area contributed by atoms with Gasteiger partial charge in [-0.3, -0.25) is 4.90 Å². The standard InChI is InChI=1S/C25H39N7O2/c1-24(2,3)34-23(33)31-15-11-18(12-16-31)17-28-19-9-5-6-10-20(19)32-22(27)29-21(26)30-25(32)13-7-4-8-14-25/h5-6,9-10,18,28H,4,7-8,11-17H2,1-3H3,(H4,26,27,29,30). The predicted molar refractivity (Wildman–Crippen MR) is 137 cm³/mol. The van der Waals surface area contributed by atoms with Crippen molar-refractivity contribution in [1.82, 2.24) is 4.90 Å². The Morgan fingerprint density at radius 2 is 1.82 bits per heavy atom. The van der Waals surface area contributed by atoms with Gasteiger partial charge in [0.15, 0.2) is 0 Å². The number of carbonyl (C=O) groups excluding carboxylic acids is 1. The molecule has 0 bridgehead atoms. The second-order valence-electron chi connectivity index (χ2n) is 10.6. The van der Waals surface area contributed by atoms with Crippen LogP contribution >= 0.6 is 0 Å². The average molecular weight is 470 g/mol. The summed E-state index contributed by atoms with van der Waals surface area (Å²) in [5.74, 6) is 1.13. The van der Waals surface area contributed by atoms with Crippen molar-refractivity contribution in [3.63, 3.8) is 0 Å². The Morgan fingerprint density at radius 1 is 1.15 bits per heavy atom. The smallest absolute Gasteiger partial charge is 0.410 e. The number of nitrogens with two attached hydrogens (primary N) is 2. The number of aliphatic imine (C=N–C) groups is 2. The molecule has 0 unspecified atom stereocenters. The van der Waals surface area contributed by atoms with E-state index in [2.05, 4.69) is 27.3 Å². The SMILES string of the molecule is CC(C)(C)OC(=O)N1CCC(CNc2ccccc2N2C(N)=NC(N)=NC23CCCCC3)CC1. The summed E-state index contributed by atoms with van der Waals surface area (Å²) in [7, 11) is 0. The number of carbonyl (C=O) groups is 1. The number of hydrogen-bond acceptors (Lipinski definition) is 8. The maximum Gasteiger partial charge on any atom is 0.410 e. The molecule has 34 heavy (non-hydrogen) atoms. The number of hydrogen-bond donors (Lipinski definition) is 3. The number of guanidine groups is 2. The van der Waals surface area contributed by atoms with Crippen molar-refractivity contribution < 1.29 is 9.53 Å². The topological polar surface area (TPSA) is 122 Å². The molecule has 0 atom stereocenters. The number of nitrogens with zero attached hydrogens (tertiary/aromatic N) is 4. The van der Waals surface area contributed by atoms with E-state index in [0.29, 0.717) is 25.0 Å². The minimum Gasteiger partial charge on any atom is -0.444 e. The van der Waals surface area contributed by atoms with Gasteiger partial charge in [-0.1, -0.05) is 18.6 Å². The normalized spacial score (nSPS) is 21.1. The molecule has 1 saturated carbocycles. The second-order valence-corrected chi connectivity index (χ2v) is 10.6. The van der Waals surface area contributed by atoms with Crippen LogP contribution in [0.1, 0.15) is 65.7 Å². The van der Waals surface area contributed by atoms with Crippen LogP contribution in [-0.4, -0.2) is 53.8 Å². The summed E-state index contributed by atoms with van der Waals surface area (Å²) in [6.07, 6.45) is 6.84. The summed E-state index contributed by atoms with van der Waals surface area (Å²) < 4.78 is 5.52. The van der Waals surface area contributed by atoms with Gasteiger partial charge in [-0.2, -0.15) is 4.99 Å². The first-order valence-electron chi connectivity index (χ1n) is 12.5. The Labute approximate surface area is 202 Å². The van der Waals surface area contributed by atoms with Gasteiger partial charge in [-0.25, -0.2) is 9.79 Å². The third-order valence-electron chi connectivity index (χ3n) is 6.84. The van der Waals surface area contributed by atoms with Crippen molar-refractivity contribution in [3.05, 3.63) is 24.3 Å². The number of benzene rings is 1. The lowest BCUT2D eigenvalue weighted by atomic mass is 9.87. The van der Waals surface area contributed by atoms with Crippen molar-refractivity contribution in [3.8, 4) is 0 Å². The zero-order valence-corrected chi connectivity index (χ0v) is 20.7. The second kappa shape index (κ2) is 9.72.